The van der Waals surface area contributed by atoms with Gasteiger partial charge in [-0.1, -0.05) is 30.7 Å². The van der Waals surface area contributed by atoms with Crippen LogP contribution >= 0.6 is 0 Å². The fourth-order valence-corrected chi connectivity index (χ4v) is 1.96. The molecule has 0 saturated heterocycles. The standard InChI is InChI=1S/C13H17N/c1-2-11-5-3-6-12(9-11)10-13-7-4-8-14-13/h3-8,11,14H,2,9-10H2,1H3. The van der Waals surface area contributed by atoms with Crippen LogP contribution in [0.5, 0.6) is 0 Å². The second-order valence-corrected chi connectivity index (χ2v) is 3.95. The molecule has 1 N–H and O–H groups in total. The molecule has 0 amide bonds. The van der Waals surface area contributed by atoms with Gasteiger partial charge in [0.1, 0.15) is 0 Å². The molecule has 0 aliphatic heterocycles. The minimum absolute atomic E-state index is 0.755. The lowest BCUT2D eigenvalue weighted by atomic mass is 9.90. The first-order chi connectivity index (χ1) is 6.88. The van der Waals surface area contributed by atoms with Gasteiger partial charge in [-0.05, 0) is 30.9 Å². The van der Waals surface area contributed by atoms with Crippen molar-refractivity contribution >= 4 is 0 Å². The zero-order valence-electron chi connectivity index (χ0n) is 8.66. The Morgan fingerprint density at radius 2 is 2.43 bits per heavy atom. The van der Waals surface area contributed by atoms with Crippen LogP contribution in [-0.2, 0) is 6.42 Å². The summed E-state index contributed by atoms with van der Waals surface area (Å²) in [7, 11) is 0. The van der Waals surface area contributed by atoms with Gasteiger partial charge < -0.3 is 4.98 Å². The lowest BCUT2D eigenvalue weighted by Gasteiger charge is -2.16. The fraction of sp³-hybridized carbons (Fsp3) is 0.385. The molecule has 0 radical (unpaired) electrons. The predicted octanol–water partition coefficient (Wildman–Crippen LogP) is 3.47. The normalized spacial score (nSPS) is 20.9. The smallest absolute Gasteiger partial charge is 0.0188 e. The van der Waals surface area contributed by atoms with Crippen molar-refractivity contribution in [3.63, 3.8) is 0 Å². The Hall–Kier alpha value is -1.24. The van der Waals surface area contributed by atoms with Crippen molar-refractivity contribution in [3.05, 3.63) is 47.8 Å². The first-order valence-electron chi connectivity index (χ1n) is 5.37. The second-order valence-electron chi connectivity index (χ2n) is 3.95. The van der Waals surface area contributed by atoms with Crippen LogP contribution in [0.25, 0.3) is 0 Å². The molecule has 1 unspecified atom stereocenters. The van der Waals surface area contributed by atoms with Crippen LogP contribution in [-0.4, -0.2) is 4.98 Å². The Bertz CT molecular complexity index is 330. The second kappa shape index (κ2) is 4.32. The van der Waals surface area contributed by atoms with Crippen molar-refractivity contribution in [2.45, 2.75) is 26.2 Å². The number of H-pyrrole nitrogens is 1. The van der Waals surface area contributed by atoms with E-state index in [1.165, 1.54) is 18.5 Å². The molecule has 1 aromatic rings. The highest BCUT2D eigenvalue weighted by molar-refractivity contribution is 5.24. The van der Waals surface area contributed by atoms with Gasteiger partial charge in [-0.3, -0.25) is 0 Å². The van der Waals surface area contributed by atoms with E-state index in [1.807, 2.05) is 6.20 Å². The van der Waals surface area contributed by atoms with E-state index in [2.05, 4.69) is 42.3 Å². The van der Waals surface area contributed by atoms with E-state index in [9.17, 15) is 0 Å². The van der Waals surface area contributed by atoms with Gasteiger partial charge >= 0.3 is 0 Å². The van der Waals surface area contributed by atoms with Crippen LogP contribution in [0.2, 0.25) is 0 Å². The zero-order chi connectivity index (χ0) is 9.80. The summed E-state index contributed by atoms with van der Waals surface area (Å²) >= 11 is 0. The van der Waals surface area contributed by atoms with Gasteiger partial charge in [0, 0.05) is 18.3 Å². The molecule has 0 aromatic carbocycles. The number of hydrogen-bond donors (Lipinski definition) is 1. The monoisotopic (exact) mass is 187 g/mol. The van der Waals surface area contributed by atoms with E-state index >= 15 is 0 Å². The molecule has 2 rings (SSSR count). The van der Waals surface area contributed by atoms with Gasteiger partial charge in [0.15, 0.2) is 0 Å². The van der Waals surface area contributed by atoms with E-state index in [0.29, 0.717) is 0 Å². The van der Waals surface area contributed by atoms with Crippen molar-refractivity contribution in [2.75, 3.05) is 0 Å². The third-order valence-corrected chi connectivity index (χ3v) is 2.84. The topological polar surface area (TPSA) is 15.8 Å². The van der Waals surface area contributed by atoms with Gasteiger partial charge in [0.05, 0.1) is 0 Å². The Labute approximate surface area is 85.5 Å². The van der Waals surface area contributed by atoms with E-state index in [1.54, 1.807) is 5.57 Å². The third kappa shape index (κ3) is 2.16. The summed E-state index contributed by atoms with van der Waals surface area (Å²) in [5.74, 6) is 0.755. The van der Waals surface area contributed by atoms with E-state index in [0.717, 1.165) is 12.3 Å². The Kier molecular flexibility index (Phi) is 2.87. The van der Waals surface area contributed by atoms with Crippen molar-refractivity contribution < 1.29 is 0 Å². The quantitative estimate of drug-likeness (QED) is 0.745. The molecule has 1 heterocycles. The summed E-state index contributed by atoms with van der Waals surface area (Å²) in [5, 5.41) is 0. The highest BCUT2D eigenvalue weighted by atomic mass is 14.7. The van der Waals surface area contributed by atoms with E-state index in [4.69, 9.17) is 0 Å². The average molecular weight is 187 g/mol. The summed E-state index contributed by atoms with van der Waals surface area (Å²) in [6.07, 6.45) is 12.3. The minimum Gasteiger partial charge on any atom is -0.365 e. The van der Waals surface area contributed by atoms with Crippen LogP contribution in [0.3, 0.4) is 0 Å². The van der Waals surface area contributed by atoms with E-state index in [-0.39, 0.29) is 0 Å². The molecule has 1 aliphatic carbocycles. The first kappa shape index (κ1) is 9.32. The molecule has 1 heteroatoms. The molecule has 0 fully saturated rings. The number of aromatic amines is 1. The van der Waals surface area contributed by atoms with Crippen molar-refractivity contribution in [1.29, 1.82) is 0 Å². The SMILES string of the molecule is CCC1C=CC=C(Cc2ccc[nH]2)C1. The number of rotatable bonds is 3. The molecule has 1 aromatic heterocycles. The van der Waals surface area contributed by atoms with Crippen LogP contribution < -0.4 is 0 Å². The van der Waals surface area contributed by atoms with Crippen molar-refractivity contribution in [1.82, 2.24) is 4.98 Å². The Balaban J connectivity index is 1.99. The van der Waals surface area contributed by atoms with Gasteiger partial charge in [-0.2, -0.15) is 0 Å². The minimum atomic E-state index is 0.755. The van der Waals surface area contributed by atoms with Gasteiger partial charge in [-0.15, -0.1) is 0 Å². The highest BCUT2D eigenvalue weighted by Crippen LogP contribution is 2.23. The molecule has 0 saturated carbocycles. The maximum Gasteiger partial charge on any atom is 0.0188 e. The largest absolute Gasteiger partial charge is 0.365 e. The number of allylic oxidation sites excluding steroid dienone is 4. The molecule has 74 valence electrons. The fourth-order valence-electron chi connectivity index (χ4n) is 1.96. The van der Waals surface area contributed by atoms with E-state index < -0.39 is 0 Å². The highest BCUT2D eigenvalue weighted by Gasteiger charge is 2.09. The maximum atomic E-state index is 3.25. The van der Waals surface area contributed by atoms with Crippen LogP contribution in [0.15, 0.2) is 42.1 Å². The van der Waals surface area contributed by atoms with Crippen molar-refractivity contribution in [3.8, 4) is 0 Å². The zero-order valence-corrected chi connectivity index (χ0v) is 8.66. The number of aromatic nitrogens is 1. The third-order valence-electron chi connectivity index (χ3n) is 2.84. The molecular weight excluding hydrogens is 170 g/mol. The van der Waals surface area contributed by atoms with Crippen molar-refractivity contribution in [2.24, 2.45) is 5.92 Å². The van der Waals surface area contributed by atoms with Crippen LogP contribution in [0.1, 0.15) is 25.5 Å². The van der Waals surface area contributed by atoms with Gasteiger partial charge in [-0.25, -0.2) is 0 Å². The Morgan fingerprint density at radius 1 is 1.50 bits per heavy atom. The van der Waals surface area contributed by atoms with Crippen LogP contribution in [0, 0.1) is 5.92 Å². The predicted molar refractivity (Wildman–Crippen MR) is 60.1 cm³/mol. The molecule has 1 atom stereocenters. The summed E-state index contributed by atoms with van der Waals surface area (Å²) in [5.41, 5.74) is 2.86. The summed E-state index contributed by atoms with van der Waals surface area (Å²) in [4.78, 5) is 3.25. The lowest BCUT2D eigenvalue weighted by molar-refractivity contribution is 0.605. The average Bonchev–Trinajstić information content (AvgIpc) is 2.71. The molecule has 0 bridgehead atoms. The lowest BCUT2D eigenvalue weighted by Crippen LogP contribution is -2.03. The van der Waals surface area contributed by atoms with Crippen LogP contribution in [0.4, 0.5) is 0 Å². The Morgan fingerprint density at radius 3 is 3.14 bits per heavy atom. The maximum absolute atomic E-state index is 3.25. The summed E-state index contributed by atoms with van der Waals surface area (Å²) in [6.45, 7) is 2.26. The molecule has 1 nitrogen and oxygen atoms in total. The summed E-state index contributed by atoms with van der Waals surface area (Å²) < 4.78 is 0. The first-order valence-corrected chi connectivity index (χ1v) is 5.37. The van der Waals surface area contributed by atoms with Gasteiger partial charge in [0.25, 0.3) is 0 Å². The molecule has 14 heavy (non-hydrogen) atoms. The molecular formula is C13H17N. The molecule has 0 spiro atoms. The number of hydrogen-bond acceptors (Lipinski definition) is 0. The summed E-state index contributed by atoms with van der Waals surface area (Å²) in [6, 6.07) is 4.21. The number of nitrogens with one attached hydrogen (secondary N) is 1. The van der Waals surface area contributed by atoms with Gasteiger partial charge in [0.2, 0.25) is 0 Å². The molecule has 1 aliphatic rings.